The van der Waals surface area contributed by atoms with Gasteiger partial charge in [0.25, 0.3) is 0 Å². The normalized spacial score (nSPS) is 22.1. The van der Waals surface area contributed by atoms with E-state index in [1.54, 1.807) is 12.1 Å². The number of halogens is 1. The third-order valence-corrected chi connectivity index (χ3v) is 4.81. The van der Waals surface area contributed by atoms with E-state index >= 15 is 0 Å². The maximum absolute atomic E-state index is 13.7. The van der Waals surface area contributed by atoms with Gasteiger partial charge in [0.15, 0.2) is 11.6 Å². The molecular weight excluding hydrogens is 307 g/mol. The molecule has 1 aliphatic heterocycles. The van der Waals surface area contributed by atoms with Gasteiger partial charge in [-0.2, -0.15) is 4.99 Å². The molecule has 2 atom stereocenters. The van der Waals surface area contributed by atoms with Gasteiger partial charge in [0.2, 0.25) is 0 Å². The third-order valence-electron chi connectivity index (χ3n) is 4.81. The lowest BCUT2D eigenvalue weighted by Crippen LogP contribution is -2.43. The summed E-state index contributed by atoms with van der Waals surface area (Å²) in [6.45, 7) is 0. The number of rotatable bonds is 2. The number of urea groups is 1. The number of nitrogens with one attached hydrogen (secondary N) is 1. The largest absolute Gasteiger partial charge is 0.494 e. The van der Waals surface area contributed by atoms with Crippen LogP contribution in [0.25, 0.3) is 0 Å². The van der Waals surface area contributed by atoms with Crippen molar-refractivity contribution in [1.29, 1.82) is 0 Å². The van der Waals surface area contributed by atoms with E-state index in [2.05, 4.69) is 16.4 Å². The molecule has 4 rings (SSSR count). The lowest BCUT2D eigenvalue weighted by molar-refractivity contribution is 0.239. The highest BCUT2D eigenvalue weighted by molar-refractivity contribution is 6.11. The second-order valence-electron chi connectivity index (χ2n) is 6.12. The molecule has 0 radical (unpaired) electrons. The Morgan fingerprint density at radius 2 is 2.08 bits per heavy atom. The summed E-state index contributed by atoms with van der Waals surface area (Å²) in [4.78, 5) is 16.4. The second kappa shape index (κ2) is 5.74. The lowest BCUT2D eigenvalue weighted by Gasteiger charge is -2.36. The van der Waals surface area contributed by atoms with E-state index < -0.39 is 5.82 Å². The Kier molecular flexibility index (Phi) is 3.56. The molecule has 2 aromatic carbocycles. The van der Waals surface area contributed by atoms with E-state index in [0.717, 1.165) is 29.7 Å². The molecule has 1 aliphatic carbocycles. The van der Waals surface area contributed by atoms with Crippen LogP contribution in [0.15, 0.2) is 47.5 Å². The van der Waals surface area contributed by atoms with Gasteiger partial charge in [-0.15, -0.1) is 0 Å². The summed E-state index contributed by atoms with van der Waals surface area (Å²) in [5.74, 6) is -0.152. The molecule has 1 heterocycles. The molecule has 0 aromatic heterocycles. The third kappa shape index (κ3) is 2.37. The number of hydrogen-bond acceptors (Lipinski definition) is 2. The van der Waals surface area contributed by atoms with Crippen LogP contribution in [0.1, 0.15) is 29.2 Å². The van der Waals surface area contributed by atoms with Gasteiger partial charge >= 0.3 is 6.03 Å². The number of carbonyl (C=O) groups is 1. The zero-order valence-corrected chi connectivity index (χ0v) is 13.3. The Morgan fingerprint density at radius 3 is 2.92 bits per heavy atom. The molecule has 2 unspecified atom stereocenters. The van der Waals surface area contributed by atoms with Crippen molar-refractivity contribution in [2.45, 2.75) is 18.9 Å². The summed E-state index contributed by atoms with van der Waals surface area (Å²) < 4.78 is 18.8. The number of methoxy groups -OCH3 is 1. The number of aryl methyl sites for hydroxylation is 1. The van der Waals surface area contributed by atoms with E-state index in [1.165, 1.54) is 18.7 Å². The zero-order chi connectivity index (χ0) is 16.7. The minimum atomic E-state index is -0.411. The molecule has 0 spiro atoms. The number of amides is 2. The maximum Gasteiger partial charge on any atom is 0.341 e. The van der Waals surface area contributed by atoms with E-state index in [4.69, 9.17) is 4.74 Å². The number of nitrogens with zero attached hydrogens (tertiary/aromatic N) is 1. The molecule has 0 saturated carbocycles. The number of hydrogen-bond donors (Lipinski definition) is 1. The molecular formula is C19H17FN2O2. The van der Waals surface area contributed by atoms with Crippen LogP contribution in [0, 0.1) is 11.7 Å². The van der Waals surface area contributed by atoms with Gasteiger partial charge in [0, 0.05) is 5.92 Å². The van der Waals surface area contributed by atoms with Gasteiger partial charge in [-0.25, -0.2) is 9.18 Å². The van der Waals surface area contributed by atoms with Gasteiger partial charge in [-0.05, 0) is 41.7 Å². The van der Waals surface area contributed by atoms with Gasteiger partial charge in [0.05, 0.1) is 18.9 Å². The Labute approximate surface area is 139 Å². The molecule has 0 bridgehead atoms. The first-order chi connectivity index (χ1) is 11.7. The fraction of sp³-hybridized carbons (Fsp3) is 0.263. The quantitative estimate of drug-likeness (QED) is 0.917. The summed E-state index contributed by atoms with van der Waals surface area (Å²) in [6.07, 6.45) is 1.82. The highest BCUT2D eigenvalue weighted by Crippen LogP contribution is 2.38. The van der Waals surface area contributed by atoms with Crippen LogP contribution >= 0.6 is 0 Å². The SMILES string of the molecule is COc1cc(C2NC(=O)N=C3c4ccccc4CCC32)ccc1F. The van der Waals surface area contributed by atoms with Crippen molar-refractivity contribution in [3.8, 4) is 5.75 Å². The Bertz CT molecular complexity index is 847. The van der Waals surface area contributed by atoms with Crippen LogP contribution in [0.4, 0.5) is 9.18 Å². The minimum Gasteiger partial charge on any atom is -0.494 e. The van der Waals surface area contributed by atoms with Gasteiger partial charge in [-0.3, -0.25) is 0 Å². The predicted octanol–water partition coefficient (Wildman–Crippen LogP) is 3.65. The molecule has 24 heavy (non-hydrogen) atoms. The average molecular weight is 324 g/mol. The molecule has 1 N–H and O–H groups in total. The summed E-state index contributed by atoms with van der Waals surface area (Å²) >= 11 is 0. The Morgan fingerprint density at radius 1 is 1.25 bits per heavy atom. The van der Waals surface area contributed by atoms with E-state index in [9.17, 15) is 9.18 Å². The molecule has 122 valence electrons. The van der Waals surface area contributed by atoms with Crippen molar-refractivity contribution < 1.29 is 13.9 Å². The molecule has 2 aromatic rings. The molecule has 2 amide bonds. The minimum absolute atomic E-state index is 0.0766. The van der Waals surface area contributed by atoms with Crippen molar-refractivity contribution in [2.24, 2.45) is 10.9 Å². The maximum atomic E-state index is 13.7. The molecule has 2 aliphatic rings. The molecule has 0 saturated heterocycles. The van der Waals surface area contributed by atoms with Crippen molar-refractivity contribution in [2.75, 3.05) is 7.11 Å². The average Bonchev–Trinajstić information content (AvgIpc) is 2.61. The monoisotopic (exact) mass is 324 g/mol. The van der Waals surface area contributed by atoms with Crippen LogP contribution in [-0.4, -0.2) is 18.9 Å². The van der Waals surface area contributed by atoms with Gasteiger partial charge in [-0.1, -0.05) is 30.3 Å². The van der Waals surface area contributed by atoms with Crippen LogP contribution in [-0.2, 0) is 6.42 Å². The highest BCUT2D eigenvalue weighted by Gasteiger charge is 2.37. The molecule has 0 fully saturated rings. The van der Waals surface area contributed by atoms with Crippen molar-refractivity contribution in [3.05, 3.63) is 65.0 Å². The number of ether oxygens (including phenoxy) is 1. The first-order valence-corrected chi connectivity index (χ1v) is 7.98. The van der Waals surface area contributed by atoms with Crippen molar-refractivity contribution in [3.63, 3.8) is 0 Å². The fourth-order valence-corrected chi connectivity index (χ4v) is 3.66. The Balaban J connectivity index is 1.78. The summed E-state index contributed by atoms with van der Waals surface area (Å²) in [7, 11) is 1.44. The summed E-state index contributed by atoms with van der Waals surface area (Å²) in [6, 6.07) is 12.2. The zero-order valence-electron chi connectivity index (χ0n) is 13.3. The number of aliphatic imine (C=N–C) groups is 1. The fourth-order valence-electron chi connectivity index (χ4n) is 3.66. The van der Waals surface area contributed by atoms with Crippen LogP contribution < -0.4 is 10.1 Å². The standard InChI is InChI=1S/C19H17FN2O2/c1-24-16-10-12(7-9-15(16)20)17-14-8-6-11-4-2-3-5-13(11)18(14)22-19(23)21-17/h2-5,7,9-10,14,17H,6,8H2,1H3,(H,21,23). The number of benzene rings is 2. The van der Waals surface area contributed by atoms with Crippen LogP contribution in [0.2, 0.25) is 0 Å². The first-order valence-electron chi connectivity index (χ1n) is 7.98. The molecule has 5 heteroatoms. The smallest absolute Gasteiger partial charge is 0.341 e. The van der Waals surface area contributed by atoms with Gasteiger partial charge < -0.3 is 10.1 Å². The summed E-state index contributed by atoms with van der Waals surface area (Å²) in [5, 5.41) is 2.93. The van der Waals surface area contributed by atoms with E-state index in [-0.39, 0.29) is 23.7 Å². The van der Waals surface area contributed by atoms with E-state index in [0.29, 0.717) is 0 Å². The van der Waals surface area contributed by atoms with Crippen LogP contribution in [0.5, 0.6) is 5.75 Å². The van der Waals surface area contributed by atoms with E-state index in [1.807, 2.05) is 18.2 Å². The Hall–Kier alpha value is -2.69. The van der Waals surface area contributed by atoms with Crippen LogP contribution in [0.3, 0.4) is 0 Å². The summed E-state index contributed by atoms with van der Waals surface area (Å²) in [5.41, 5.74) is 3.92. The van der Waals surface area contributed by atoms with Gasteiger partial charge in [0.1, 0.15) is 0 Å². The number of carbonyl (C=O) groups excluding carboxylic acids is 1. The highest BCUT2D eigenvalue weighted by atomic mass is 19.1. The lowest BCUT2D eigenvalue weighted by atomic mass is 9.75. The van der Waals surface area contributed by atoms with Crippen molar-refractivity contribution in [1.82, 2.24) is 5.32 Å². The number of fused-ring (bicyclic) bond motifs is 3. The second-order valence-corrected chi connectivity index (χ2v) is 6.12. The predicted molar refractivity (Wildman–Crippen MR) is 89.0 cm³/mol. The van der Waals surface area contributed by atoms with Crippen molar-refractivity contribution >= 4 is 11.7 Å². The molecule has 4 nitrogen and oxygen atoms in total. The first kappa shape index (κ1) is 14.9. The topological polar surface area (TPSA) is 50.7 Å².